The Bertz CT molecular complexity index is 955. The lowest BCUT2D eigenvalue weighted by Gasteiger charge is -2.32. The predicted molar refractivity (Wildman–Crippen MR) is 144 cm³/mol. The third-order valence-corrected chi connectivity index (χ3v) is 4.87. The highest BCUT2D eigenvalue weighted by Crippen LogP contribution is 2.20. The minimum atomic E-state index is 0.366. The number of hydrogen-bond donors (Lipinski definition) is 3. The van der Waals surface area contributed by atoms with Gasteiger partial charge < -0.3 is 25.3 Å². The third-order valence-electron chi connectivity index (χ3n) is 4.87. The maximum atomic E-state index is 5.14. The summed E-state index contributed by atoms with van der Waals surface area (Å²) >= 11 is 0. The molecule has 0 atom stereocenters. The number of anilines is 3. The number of amidine groups is 1. The van der Waals surface area contributed by atoms with Crippen molar-refractivity contribution in [2.45, 2.75) is 27.2 Å². The van der Waals surface area contributed by atoms with Gasteiger partial charge in [-0.15, -0.1) is 6.58 Å². The van der Waals surface area contributed by atoms with E-state index in [1.54, 1.807) is 13.2 Å². The number of para-hydroxylation sites is 1. The van der Waals surface area contributed by atoms with Crippen molar-refractivity contribution in [1.29, 1.82) is 0 Å². The molecule has 2 aromatic rings. The van der Waals surface area contributed by atoms with Crippen LogP contribution in [0.5, 0.6) is 0 Å². The highest BCUT2D eigenvalue weighted by Gasteiger charge is 2.19. The van der Waals surface area contributed by atoms with Crippen LogP contribution in [-0.4, -0.2) is 72.6 Å². The fourth-order valence-corrected chi connectivity index (χ4v) is 3.18. The number of hydrazine groups is 1. The van der Waals surface area contributed by atoms with Gasteiger partial charge in [0.05, 0.1) is 12.3 Å². The van der Waals surface area contributed by atoms with E-state index in [0.29, 0.717) is 30.9 Å². The summed E-state index contributed by atoms with van der Waals surface area (Å²) in [7, 11) is 3.79. The molecule has 4 rings (SSSR count). The summed E-state index contributed by atoms with van der Waals surface area (Å²) in [5, 5.41) is 3.26. The highest BCUT2D eigenvalue weighted by molar-refractivity contribution is 5.86. The number of likely N-dealkylation sites (N-methyl/N-ethyl adjacent to an activating group) is 1. The molecule has 3 heterocycles. The largest absolute Gasteiger partial charge is 0.378 e. The molecule has 0 radical (unpaired) electrons. The second kappa shape index (κ2) is 15.4. The van der Waals surface area contributed by atoms with E-state index in [-0.39, 0.29) is 0 Å². The number of hydrogen-bond acceptors (Lipinski definition) is 9. The molecule has 0 unspecified atom stereocenters. The molecule has 1 saturated heterocycles. The van der Waals surface area contributed by atoms with Gasteiger partial charge in [0.25, 0.3) is 5.95 Å². The van der Waals surface area contributed by atoms with Crippen LogP contribution >= 0.6 is 0 Å². The number of methoxy groups -OCH3 is 1. The van der Waals surface area contributed by atoms with Crippen LogP contribution in [0.4, 0.5) is 23.5 Å². The Morgan fingerprint density at radius 2 is 1.77 bits per heavy atom. The predicted octanol–water partition coefficient (Wildman–Crippen LogP) is 3.64. The van der Waals surface area contributed by atoms with Crippen LogP contribution in [-0.2, 0) is 4.74 Å². The molecule has 1 aromatic heterocycles. The van der Waals surface area contributed by atoms with E-state index < -0.39 is 0 Å². The van der Waals surface area contributed by atoms with Crippen molar-refractivity contribution in [2.75, 3.05) is 57.2 Å². The molecule has 190 valence electrons. The van der Waals surface area contributed by atoms with Crippen LogP contribution in [0.3, 0.4) is 0 Å². The molecule has 2 aliphatic rings. The lowest BCUT2D eigenvalue weighted by atomic mass is 10.3. The molecule has 1 aromatic carbocycles. The first-order valence-electron chi connectivity index (χ1n) is 12.0. The first kappa shape index (κ1) is 27.7. The van der Waals surface area contributed by atoms with E-state index in [1.807, 2.05) is 57.2 Å². The van der Waals surface area contributed by atoms with Gasteiger partial charge in [0.1, 0.15) is 5.84 Å². The zero-order valence-electron chi connectivity index (χ0n) is 21.6. The SMILES string of the molecule is C=CC.CC.COCC1=CC/C(=N\c2nc(Nc3ccccc3)nc(N3CCN(C)CC3)n2)NN1. The third kappa shape index (κ3) is 9.34. The Hall–Kier alpha value is -3.50. The molecule has 10 heteroatoms. The number of allylic oxidation sites excluding steroid dienone is 1. The fraction of sp³-hybridized carbons (Fsp3) is 0.440. The van der Waals surface area contributed by atoms with Crippen LogP contribution in [0.2, 0.25) is 0 Å². The summed E-state index contributed by atoms with van der Waals surface area (Å²) < 4.78 is 5.14. The smallest absolute Gasteiger partial charge is 0.257 e. The Kier molecular flexibility index (Phi) is 12.2. The van der Waals surface area contributed by atoms with Crippen molar-refractivity contribution in [3.63, 3.8) is 0 Å². The summed E-state index contributed by atoms with van der Waals surface area (Å²) in [6.07, 6.45) is 4.42. The quantitative estimate of drug-likeness (QED) is 0.534. The fourth-order valence-electron chi connectivity index (χ4n) is 3.18. The number of ether oxygens (including phenoxy) is 1. The van der Waals surface area contributed by atoms with E-state index in [2.05, 4.69) is 59.5 Å². The topological polar surface area (TPSA) is 103 Å². The molecule has 2 aliphatic heterocycles. The molecule has 35 heavy (non-hydrogen) atoms. The van der Waals surface area contributed by atoms with E-state index in [0.717, 1.165) is 43.4 Å². The monoisotopic (exact) mass is 481 g/mol. The lowest BCUT2D eigenvalue weighted by Crippen LogP contribution is -2.45. The number of nitrogens with zero attached hydrogens (tertiary/aromatic N) is 6. The van der Waals surface area contributed by atoms with E-state index >= 15 is 0 Å². The highest BCUT2D eigenvalue weighted by atomic mass is 16.5. The van der Waals surface area contributed by atoms with Crippen LogP contribution in [0.15, 0.2) is 59.8 Å². The Morgan fingerprint density at radius 3 is 2.37 bits per heavy atom. The Morgan fingerprint density at radius 1 is 1.09 bits per heavy atom. The maximum absolute atomic E-state index is 5.14. The number of piperazine rings is 1. The number of rotatable bonds is 6. The zero-order valence-corrected chi connectivity index (χ0v) is 21.6. The standard InChI is InChI=1S/C20H27N9O.C3H6.C2H6/c1-28-10-12-29(13-11-28)20-24-18(21-15-6-4-3-5-7-15)23-19(25-20)22-17-9-8-16(14-30-2)26-27-17;1-3-2;1-2/h3-8,26H,9-14H2,1-2H3,(H2,21,22,23,24,25,27);3H,1H2,2H3;1-2H3. The van der Waals surface area contributed by atoms with Gasteiger partial charge in [-0.2, -0.15) is 19.9 Å². The minimum Gasteiger partial charge on any atom is -0.378 e. The van der Waals surface area contributed by atoms with E-state index in [4.69, 9.17) is 4.74 Å². The first-order valence-corrected chi connectivity index (χ1v) is 12.0. The van der Waals surface area contributed by atoms with Crippen LogP contribution in [0, 0.1) is 0 Å². The molecule has 0 saturated carbocycles. The molecule has 1 fully saturated rings. The van der Waals surface area contributed by atoms with Gasteiger partial charge in [-0.25, -0.2) is 0 Å². The number of aliphatic imine (C=N–C) groups is 1. The average Bonchev–Trinajstić information content (AvgIpc) is 2.88. The van der Waals surface area contributed by atoms with Crippen LogP contribution in [0.1, 0.15) is 27.2 Å². The van der Waals surface area contributed by atoms with Gasteiger partial charge in [0, 0.05) is 45.4 Å². The summed E-state index contributed by atoms with van der Waals surface area (Å²) in [4.78, 5) is 22.9. The zero-order chi connectivity index (χ0) is 25.5. The Labute approximate surface area is 209 Å². The summed E-state index contributed by atoms with van der Waals surface area (Å²) in [6.45, 7) is 13.4. The van der Waals surface area contributed by atoms with E-state index in [1.165, 1.54) is 0 Å². The first-order chi connectivity index (χ1) is 17.1. The molecular weight excluding hydrogens is 442 g/mol. The minimum absolute atomic E-state index is 0.366. The van der Waals surface area contributed by atoms with Gasteiger partial charge in [0.2, 0.25) is 11.9 Å². The van der Waals surface area contributed by atoms with Gasteiger partial charge in [-0.3, -0.25) is 5.43 Å². The summed E-state index contributed by atoms with van der Waals surface area (Å²) in [5.41, 5.74) is 8.05. The van der Waals surface area contributed by atoms with Crippen LogP contribution in [0.25, 0.3) is 0 Å². The Balaban J connectivity index is 0.000000803. The number of benzene rings is 1. The molecule has 3 N–H and O–H groups in total. The van der Waals surface area contributed by atoms with Gasteiger partial charge in [-0.05, 0) is 26.1 Å². The molecule has 0 spiro atoms. The van der Waals surface area contributed by atoms with Crippen molar-refractivity contribution < 1.29 is 4.74 Å². The molecular formula is C25H39N9O. The average molecular weight is 482 g/mol. The van der Waals surface area contributed by atoms with Crippen molar-refractivity contribution in [3.8, 4) is 0 Å². The normalized spacial score (nSPS) is 16.4. The second-order valence-corrected chi connectivity index (χ2v) is 7.62. The van der Waals surface area contributed by atoms with Crippen LogP contribution < -0.4 is 21.1 Å². The number of aromatic nitrogens is 3. The van der Waals surface area contributed by atoms with Crippen molar-refractivity contribution in [3.05, 3.63) is 54.8 Å². The van der Waals surface area contributed by atoms with Crippen molar-refractivity contribution in [1.82, 2.24) is 30.7 Å². The van der Waals surface area contributed by atoms with Gasteiger partial charge in [-0.1, -0.05) is 44.2 Å². The number of nitrogens with one attached hydrogen (secondary N) is 3. The van der Waals surface area contributed by atoms with Crippen molar-refractivity contribution >= 4 is 29.4 Å². The molecule has 0 aliphatic carbocycles. The second-order valence-electron chi connectivity index (χ2n) is 7.62. The van der Waals surface area contributed by atoms with Crippen molar-refractivity contribution in [2.24, 2.45) is 4.99 Å². The summed E-state index contributed by atoms with van der Waals surface area (Å²) in [5.74, 6) is 2.21. The van der Waals surface area contributed by atoms with Gasteiger partial charge >= 0.3 is 0 Å². The summed E-state index contributed by atoms with van der Waals surface area (Å²) in [6, 6.07) is 9.85. The van der Waals surface area contributed by atoms with Gasteiger partial charge in [0.15, 0.2) is 0 Å². The molecule has 0 amide bonds. The van der Waals surface area contributed by atoms with E-state index in [9.17, 15) is 0 Å². The molecule has 0 bridgehead atoms. The molecule has 10 nitrogen and oxygen atoms in total. The maximum Gasteiger partial charge on any atom is 0.257 e. The lowest BCUT2D eigenvalue weighted by molar-refractivity contribution is 0.218.